The van der Waals surface area contributed by atoms with Crippen LogP contribution in [0.15, 0.2) is 66.0 Å². The number of rotatable bonds is 4. The fourth-order valence-corrected chi connectivity index (χ4v) is 4.39. The van der Waals surface area contributed by atoms with Crippen molar-refractivity contribution in [1.29, 1.82) is 0 Å². The minimum absolute atomic E-state index is 0.311. The maximum atomic E-state index is 13.5. The summed E-state index contributed by atoms with van der Waals surface area (Å²) in [5, 5.41) is 0.404. The highest BCUT2D eigenvalue weighted by atomic mass is 19.4. The van der Waals surface area contributed by atoms with Crippen molar-refractivity contribution in [2.24, 2.45) is 0 Å². The molecule has 5 rings (SSSR count). The summed E-state index contributed by atoms with van der Waals surface area (Å²) < 4.78 is 44.2. The average Bonchev–Trinajstić information content (AvgIpc) is 2.84. The third-order valence-electron chi connectivity index (χ3n) is 6.25. The molecule has 0 atom stereocenters. The van der Waals surface area contributed by atoms with Gasteiger partial charge < -0.3 is 14.5 Å². The molecule has 0 N–H and O–H groups in total. The molecule has 10 heteroatoms. The predicted molar refractivity (Wildman–Crippen MR) is 132 cm³/mol. The van der Waals surface area contributed by atoms with E-state index in [0.717, 1.165) is 29.8 Å². The van der Waals surface area contributed by atoms with Crippen LogP contribution < -0.4 is 15.2 Å². The van der Waals surface area contributed by atoms with Gasteiger partial charge in [0.1, 0.15) is 12.1 Å². The summed E-state index contributed by atoms with van der Waals surface area (Å²) in [6.45, 7) is 4.64. The Morgan fingerprint density at radius 1 is 0.917 bits per heavy atom. The number of halogens is 3. The first-order chi connectivity index (χ1) is 17.2. The van der Waals surface area contributed by atoms with Crippen LogP contribution in [-0.4, -0.2) is 59.0 Å². The van der Waals surface area contributed by atoms with Crippen LogP contribution in [0.4, 0.5) is 18.9 Å². The van der Waals surface area contributed by atoms with Crippen LogP contribution in [-0.2, 0) is 0 Å². The van der Waals surface area contributed by atoms with E-state index in [-0.39, 0.29) is 11.3 Å². The summed E-state index contributed by atoms with van der Waals surface area (Å²) >= 11 is 0. The maximum absolute atomic E-state index is 13.5. The van der Waals surface area contributed by atoms with Crippen LogP contribution in [0.3, 0.4) is 0 Å². The standard InChI is InChI=1S/C26H24F3N5O2/c1-17-11-19(15-30-14-17)18-3-5-21-22(12-18)31-16-34(25(21)35)23-6-4-20(36-26(27,28)29)13-24(23)33-9-7-32(2)8-10-33/h3-6,11-16H,7-10H2,1-2H3. The lowest BCUT2D eigenvalue weighted by Gasteiger charge is -2.35. The summed E-state index contributed by atoms with van der Waals surface area (Å²) in [5.41, 5.74) is 3.96. The van der Waals surface area contributed by atoms with Crippen molar-refractivity contribution in [2.75, 3.05) is 38.1 Å². The number of fused-ring (bicyclic) bond motifs is 1. The van der Waals surface area contributed by atoms with Crippen molar-refractivity contribution in [3.63, 3.8) is 0 Å². The monoisotopic (exact) mass is 495 g/mol. The average molecular weight is 496 g/mol. The Morgan fingerprint density at radius 3 is 2.42 bits per heavy atom. The molecule has 7 nitrogen and oxygen atoms in total. The van der Waals surface area contributed by atoms with Crippen LogP contribution in [0, 0.1) is 6.92 Å². The number of pyridine rings is 1. The Labute approximate surface area is 205 Å². The Morgan fingerprint density at radius 2 is 1.69 bits per heavy atom. The molecule has 4 aromatic rings. The summed E-state index contributed by atoms with van der Waals surface area (Å²) in [4.78, 5) is 26.3. The van der Waals surface area contributed by atoms with Crippen molar-refractivity contribution >= 4 is 16.6 Å². The van der Waals surface area contributed by atoms with Gasteiger partial charge >= 0.3 is 6.36 Å². The van der Waals surface area contributed by atoms with Crippen LogP contribution in [0.1, 0.15) is 5.56 Å². The summed E-state index contributed by atoms with van der Waals surface area (Å²) in [6.07, 6.45) is 0.127. The third kappa shape index (κ3) is 4.90. The Kier molecular flexibility index (Phi) is 6.13. The third-order valence-corrected chi connectivity index (χ3v) is 6.25. The van der Waals surface area contributed by atoms with Crippen molar-refractivity contribution in [3.05, 3.63) is 77.1 Å². The number of benzene rings is 2. The number of hydrogen-bond acceptors (Lipinski definition) is 6. The van der Waals surface area contributed by atoms with Crippen molar-refractivity contribution in [3.8, 4) is 22.6 Å². The zero-order chi connectivity index (χ0) is 25.4. The number of ether oxygens (including phenoxy) is 1. The lowest BCUT2D eigenvalue weighted by molar-refractivity contribution is -0.274. The highest BCUT2D eigenvalue weighted by molar-refractivity contribution is 5.84. The molecule has 0 unspecified atom stereocenters. The fourth-order valence-electron chi connectivity index (χ4n) is 4.39. The Bertz CT molecular complexity index is 1480. The largest absolute Gasteiger partial charge is 0.573 e. The minimum atomic E-state index is -4.81. The molecule has 2 aromatic heterocycles. The summed E-state index contributed by atoms with van der Waals surface area (Å²) in [5.74, 6) is -0.335. The topological polar surface area (TPSA) is 63.5 Å². The lowest BCUT2D eigenvalue weighted by Crippen LogP contribution is -2.45. The van der Waals surface area contributed by atoms with Gasteiger partial charge in [-0.15, -0.1) is 13.2 Å². The SMILES string of the molecule is Cc1cncc(-c2ccc3c(=O)n(-c4ccc(OC(F)(F)F)cc4N4CCN(C)CC4)cnc3c2)c1. The number of likely N-dealkylation sites (N-methyl/N-ethyl adjacent to an activating group) is 1. The molecule has 36 heavy (non-hydrogen) atoms. The normalized spacial score (nSPS) is 14.9. The highest BCUT2D eigenvalue weighted by Gasteiger charge is 2.32. The van der Waals surface area contributed by atoms with Gasteiger partial charge in [0.15, 0.2) is 0 Å². The zero-order valence-electron chi connectivity index (χ0n) is 19.8. The molecule has 0 bridgehead atoms. The van der Waals surface area contributed by atoms with Crippen molar-refractivity contribution < 1.29 is 17.9 Å². The van der Waals surface area contributed by atoms with Crippen LogP contribution in [0.2, 0.25) is 0 Å². The van der Waals surface area contributed by atoms with E-state index in [1.807, 2.05) is 37.1 Å². The van der Waals surface area contributed by atoms with Gasteiger partial charge in [-0.05, 0) is 55.4 Å². The molecular formula is C26H24F3N5O2. The molecule has 1 fully saturated rings. The fraction of sp³-hybridized carbons (Fsp3) is 0.269. The van der Waals surface area contributed by atoms with E-state index in [0.29, 0.717) is 35.4 Å². The van der Waals surface area contributed by atoms with E-state index in [2.05, 4.69) is 19.6 Å². The van der Waals surface area contributed by atoms with Gasteiger partial charge in [0, 0.05) is 50.2 Å². The van der Waals surface area contributed by atoms with E-state index in [9.17, 15) is 18.0 Å². The number of hydrogen-bond donors (Lipinski definition) is 0. The minimum Gasteiger partial charge on any atom is -0.406 e. The van der Waals surface area contributed by atoms with E-state index in [4.69, 9.17) is 0 Å². The number of anilines is 1. The van der Waals surface area contributed by atoms with Gasteiger partial charge in [-0.2, -0.15) is 0 Å². The molecule has 0 radical (unpaired) electrons. The summed E-state index contributed by atoms with van der Waals surface area (Å²) in [6, 6.07) is 11.4. The first-order valence-electron chi connectivity index (χ1n) is 11.4. The molecule has 2 aromatic carbocycles. The first kappa shape index (κ1) is 23.8. The molecule has 1 saturated heterocycles. The second-order valence-electron chi connectivity index (χ2n) is 8.89. The molecule has 1 aliphatic rings. The molecule has 0 saturated carbocycles. The molecule has 0 aliphatic carbocycles. The Balaban J connectivity index is 1.59. The van der Waals surface area contributed by atoms with E-state index >= 15 is 0 Å². The van der Waals surface area contributed by atoms with Gasteiger partial charge in [-0.25, -0.2) is 4.98 Å². The summed E-state index contributed by atoms with van der Waals surface area (Å²) in [7, 11) is 1.99. The number of nitrogens with zero attached hydrogens (tertiary/aromatic N) is 5. The van der Waals surface area contributed by atoms with E-state index < -0.39 is 6.36 Å². The van der Waals surface area contributed by atoms with Gasteiger partial charge in [-0.3, -0.25) is 14.3 Å². The molecule has 186 valence electrons. The smallest absolute Gasteiger partial charge is 0.406 e. The van der Waals surface area contributed by atoms with Gasteiger partial charge in [0.2, 0.25) is 0 Å². The lowest BCUT2D eigenvalue weighted by atomic mass is 10.0. The van der Waals surface area contributed by atoms with Gasteiger partial charge in [-0.1, -0.05) is 6.07 Å². The number of piperazine rings is 1. The van der Waals surface area contributed by atoms with Gasteiger partial charge in [0.25, 0.3) is 5.56 Å². The molecule has 3 heterocycles. The predicted octanol–water partition coefficient (Wildman–Crippen LogP) is 4.41. The quantitative estimate of drug-likeness (QED) is 0.418. The number of aryl methyl sites for hydroxylation is 1. The molecule has 0 amide bonds. The molecule has 0 spiro atoms. The maximum Gasteiger partial charge on any atom is 0.573 e. The van der Waals surface area contributed by atoms with Gasteiger partial charge in [0.05, 0.1) is 22.3 Å². The first-order valence-corrected chi connectivity index (χ1v) is 11.4. The number of aromatic nitrogens is 3. The van der Waals surface area contributed by atoms with Crippen LogP contribution >= 0.6 is 0 Å². The van der Waals surface area contributed by atoms with Crippen LogP contribution in [0.5, 0.6) is 5.75 Å². The Hall–Kier alpha value is -3.92. The zero-order valence-corrected chi connectivity index (χ0v) is 19.8. The highest BCUT2D eigenvalue weighted by Crippen LogP contribution is 2.32. The molecule has 1 aliphatic heterocycles. The second-order valence-corrected chi connectivity index (χ2v) is 8.89. The second kappa shape index (κ2) is 9.27. The van der Waals surface area contributed by atoms with Crippen molar-refractivity contribution in [2.45, 2.75) is 13.3 Å². The molecular weight excluding hydrogens is 471 g/mol. The van der Waals surface area contributed by atoms with Crippen molar-refractivity contribution in [1.82, 2.24) is 19.4 Å². The van der Waals surface area contributed by atoms with E-state index in [1.54, 1.807) is 18.5 Å². The number of alkyl halides is 3. The van der Waals surface area contributed by atoms with E-state index in [1.165, 1.54) is 29.1 Å². The van der Waals surface area contributed by atoms with Crippen LogP contribution in [0.25, 0.3) is 27.7 Å².